The third kappa shape index (κ3) is 2.81. The fourth-order valence-corrected chi connectivity index (χ4v) is 2.09. The van der Waals surface area contributed by atoms with E-state index in [9.17, 15) is 0 Å². The maximum atomic E-state index is 5.81. The Balaban J connectivity index is 2.41. The molecule has 19 heavy (non-hydrogen) atoms. The Morgan fingerprint density at radius 3 is 2.11 bits per heavy atom. The number of rotatable bonds is 2. The quantitative estimate of drug-likeness (QED) is 0.599. The first-order valence-corrected chi connectivity index (χ1v) is 6.33. The van der Waals surface area contributed by atoms with Gasteiger partial charge in [-0.15, -0.1) is 5.11 Å². The minimum Gasteiger partial charge on any atom is -0.399 e. The molecule has 0 amide bonds. The van der Waals surface area contributed by atoms with Crippen molar-refractivity contribution in [3.8, 4) is 0 Å². The number of hydrogen-bond donors (Lipinski definition) is 1. The standard InChI is InChI=1S/C16H19N3/c1-10-6-5-7-15(13(10)4)18-19-16-11(2)8-14(17)9-12(16)3/h5-9H,17H2,1-4H3. The van der Waals surface area contributed by atoms with Gasteiger partial charge in [-0.05, 0) is 68.1 Å². The third-order valence-corrected chi connectivity index (χ3v) is 3.35. The first kappa shape index (κ1) is 13.3. The number of nitrogen functional groups attached to an aromatic ring is 1. The van der Waals surface area contributed by atoms with Crippen LogP contribution in [0.2, 0.25) is 0 Å². The summed E-state index contributed by atoms with van der Waals surface area (Å²) in [6, 6.07) is 9.90. The van der Waals surface area contributed by atoms with Crippen molar-refractivity contribution < 1.29 is 0 Å². The van der Waals surface area contributed by atoms with Crippen molar-refractivity contribution >= 4 is 17.1 Å². The van der Waals surface area contributed by atoms with Crippen LogP contribution in [0, 0.1) is 27.7 Å². The second-order valence-electron chi connectivity index (χ2n) is 4.92. The number of nitrogens with two attached hydrogens (primary N) is 1. The van der Waals surface area contributed by atoms with E-state index in [0.29, 0.717) is 0 Å². The molecule has 2 N–H and O–H groups in total. The molecule has 0 aliphatic rings. The van der Waals surface area contributed by atoms with Gasteiger partial charge in [0.2, 0.25) is 0 Å². The van der Waals surface area contributed by atoms with E-state index in [2.05, 4.69) is 30.1 Å². The maximum Gasteiger partial charge on any atom is 0.0916 e. The zero-order valence-electron chi connectivity index (χ0n) is 11.9. The highest BCUT2D eigenvalue weighted by molar-refractivity contribution is 5.60. The molecule has 0 atom stereocenters. The Labute approximate surface area is 114 Å². The topological polar surface area (TPSA) is 50.7 Å². The van der Waals surface area contributed by atoms with Crippen LogP contribution in [0.5, 0.6) is 0 Å². The molecule has 2 aromatic rings. The normalized spacial score (nSPS) is 11.2. The molecular formula is C16H19N3. The highest BCUT2D eigenvalue weighted by Gasteiger charge is 2.04. The van der Waals surface area contributed by atoms with Crippen molar-refractivity contribution in [2.24, 2.45) is 10.2 Å². The Morgan fingerprint density at radius 2 is 1.47 bits per heavy atom. The highest BCUT2D eigenvalue weighted by Crippen LogP contribution is 2.29. The molecule has 0 unspecified atom stereocenters. The van der Waals surface area contributed by atoms with E-state index in [0.717, 1.165) is 33.8 Å². The number of nitrogens with zero attached hydrogens (tertiary/aromatic N) is 2. The lowest BCUT2D eigenvalue weighted by Crippen LogP contribution is -1.88. The van der Waals surface area contributed by atoms with Gasteiger partial charge in [0.25, 0.3) is 0 Å². The summed E-state index contributed by atoms with van der Waals surface area (Å²) in [7, 11) is 0. The Hall–Kier alpha value is -2.16. The van der Waals surface area contributed by atoms with Gasteiger partial charge < -0.3 is 5.73 Å². The Bertz CT molecular complexity index is 619. The van der Waals surface area contributed by atoms with Gasteiger partial charge in [-0.25, -0.2) is 0 Å². The number of aryl methyl sites for hydroxylation is 3. The van der Waals surface area contributed by atoms with Crippen LogP contribution in [0.3, 0.4) is 0 Å². The van der Waals surface area contributed by atoms with Gasteiger partial charge >= 0.3 is 0 Å². The zero-order valence-corrected chi connectivity index (χ0v) is 11.9. The Kier molecular flexibility index (Phi) is 3.65. The van der Waals surface area contributed by atoms with E-state index >= 15 is 0 Å². The SMILES string of the molecule is Cc1cccc(N=Nc2c(C)cc(N)cc2C)c1C. The molecule has 0 aromatic heterocycles. The minimum atomic E-state index is 0.765. The molecule has 0 radical (unpaired) electrons. The first-order valence-electron chi connectivity index (χ1n) is 6.33. The number of hydrogen-bond acceptors (Lipinski definition) is 3. The van der Waals surface area contributed by atoms with Crippen LogP contribution in [-0.4, -0.2) is 0 Å². The van der Waals surface area contributed by atoms with Gasteiger partial charge in [-0.2, -0.15) is 5.11 Å². The lowest BCUT2D eigenvalue weighted by atomic mass is 10.1. The van der Waals surface area contributed by atoms with Crippen LogP contribution >= 0.6 is 0 Å². The first-order chi connectivity index (χ1) is 8.99. The molecule has 0 bridgehead atoms. The van der Waals surface area contributed by atoms with E-state index in [1.54, 1.807) is 0 Å². The van der Waals surface area contributed by atoms with Crippen molar-refractivity contribution in [3.63, 3.8) is 0 Å². The molecule has 0 spiro atoms. The second kappa shape index (κ2) is 5.22. The van der Waals surface area contributed by atoms with E-state index in [4.69, 9.17) is 5.73 Å². The maximum absolute atomic E-state index is 5.81. The minimum absolute atomic E-state index is 0.765. The van der Waals surface area contributed by atoms with E-state index in [1.165, 1.54) is 5.56 Å². The van der Waals surface area contributed by atoms with Gasteiger partial charge in [0, 0.05) is 5.69 Å². The van der Waals surface area contributed by atoms with Gasteiger partial charge in [0.05, 0.1) is 11.4 Å². The van der Waals surface area contributed by atoms with Crippen molar-refractivity contribution in [1.29, 1.82) is 0 Å². The summed E-state index contributed by atoms with van der Waals surface area (Å²) in [5.41, 5.74) is 12.9. The third-order valence-electron chi connectivity index (χ3n) is 3.35. The largest absolute Gasteiger partial charge is 0.399 e. The van der Waals surface area contributed by atoms with E-state index < -0.39 is 0 Å². The predicted octanol–water partition coefficient (Wildman–Crippen LogP) is 4.92. The lowest BCUT2D eigenvalue weighted by molar-refractivity contribution is 1.16. The van der Waals surface area contributed by atoms with E-state index in [-0.39, 0.29) is 0 Å². The van der Waals surface area contributed by atoms with Crippen molar-refractivity contribution in [3.05, 3.63) is 52.6 Å². The van der Waals surface area contributed by atoms with Gasteiger partial charge in [0.1, 0.15) is 0 Å². The molecule has 0 saturated carbocycles. The summed E-state index contributed by atoms with van der Waals surface area (Å²) in [6.07, 6.45) is 0. The second-order valence-corrected chi connectivity index (χ2v) is 4.92. The van der Waals surface area contributed by atoms with Crippen LogP contribution in [0.15, 0.2) is 40.6 Å². The summed E-state index contributed by atoms with van der Waals surface area (Å²) in [6.45, 7) is 8.14. The molecule has 98 valence electrons. The number of azo groups is 1. The average molecular weight is 253 g/mol. The number of benzene rings is 2. The summed E-state index contributed by atoms with van der Waals surface area (Å²) in [5, 5.41) is 8.76. The Morgan fingerprint density at radius 1 is 0.842 bits per heavy atom. The van der Waals surface area contributed by atoms with Gasteiger partial charge in [-0.1, -0.05) is 12.1 Å². The van der Waals surface area contributed by atoms with E-state index in [1.807, 2.05) is 38.1 Å². The molecule has 2 aromatic carbocycles. The van der Waals surface area contributed by atoms with Crippen molar-refractivity contribution in [2.75, 3.05) is 5.73 Å². The molecule has 3 heteroatoms. The molecule has 0 heterocycles. The molecule has 0 aliphatic heterocycles. The molecule has 0 saturated heterocycles. The lowest BCUT2D eigenvalue weighted by Gasteiger charge is -2.06. The summed E-state index contributed by atoms with van der Waals surface area (Å²) < 4.78 is 0. The van der Waals surface area contributed by atoms with Crippen molar-refractivity contribution in [2.45, 2.75) is 27.7 Å². The van der Waals surface area contributed by atoms with Gasteiger partial charge in [-0.3, -0.25) is 0 Å². The predicted molar refractivity (Wildman–Crippen MR) is 80.4 cm³/mol. The van der Waals surface area contributed by atoms with Crippen LogP contribution in [-0.2, 0) is 0 Å². The summed E-state index contributed by atoms with van der Waals surface area (Å²) in [4.78, 5) is 0. The molecule has 3 nitrogen and oxygen atoms in total. The van der Waals surface area contributed by atoms with Crippen LogP contribution in [0.1, 0.15) is 22.3 Å². The molecule has 0 aliphatic carbocycles. The van der Waals surface area contributed by atoms with Crippen LogP contribution in [0.4, 0.5) is 17.1 Å². The molecular weight excluding hydrogens is 234 g/mol. The van der Waals surface area contributed by atoms with Crippen molar-refractivity contribution in [1.82, 2.24) is 0 Å². The smallest absolute Gasteiger partial charge is 0.0916 e. The fourth-order valence-electron chi connectivity index (χ4n) is 2.09. The highest BCUT2D eigenvalue weighted by atomic mass is 15.1. The van der Waals surface area contributed by atoms with Crippen LogP contribution in [0.25, 0.3) is 0 Å². The fraction of sp³-hybridized carbons (Fsp3) is 0.250. The van der Waals surface area contributed by atoms with Gasteiger partial charge in [0.15, 0.2) is 0 Å². The van der Waals surface area contributed by atoms with Crippen LogP contribution < -0.4 is 5.73 Å². The zero-order chi connectivity index (χ0) is 14.0. The number of anilines is 1. The average Bonchev–Trinajstić information content (AvgIpc) is 2.33. The monoisotopic (exact) mass is 253 g/mol. The summed E-state index contributed by atoms with van der Waals surface area (Å²) >= 11 is 0. The molecule has 2 rings (SSSR count). The summed E-state index contributed by atoms with van der Waals surface area (Å²) in [5.74, 6) is 0. The molecule has 0 fully saturated rings.